The number of aliphatic imine (C=N–C) groups is 1. The number of carbonyl (C=O) groups excluding carboxylic acids is 2. The van der Waals surface area contributed by atoms with E-state index >= 15 is 0 Å². The van der Waals surface area contributed by atoms with Crippen molar-refractivity contribution in [3.8, 4) is 0 Å². The number of amides is 1. The highest BCUT2D eigenvalue weighted by molar-refractivity contribution is 6.20. The van der Waals surface area contributed by atoms with E-state index in [4.69, 9.17) is 4.99 Å². The molecule has 0 atom stereocenters. The number of aldehydes is 1. The van der Waals surface area contributed by atoms with Crippen molar-refractivity contribution in [1.29, 1.82) is 0 Å². The molecule has 1 heterocycles. The summed E-state index contributed by atoms with van der Waals surface area (Å²) in [5.74, 6) is -0.0116. The van der Waals surface area contributed by atoms with Crippen molar-refractivity contribution in [3.63, 3.8) is 0 Å². The smallest absolute Gasteiger partial charge is 0.248 e. The molecule has 1 amide bonds. The summed E-state index contributed by atoms with van der Waals surface area (Å²) in [6.07, 6.45) is 3.06. The van der Waals surface area contributed by atoms with E-state index in [1.807, 2.05) is 47.4 Å². The van der Waals surface area contributed by atoms with Gasteiger partial charge in [-0.05, 0) is 52.5 Å². The van der Waals surface area contributed by atoms with Gasteiger partial charge in [0, 0.05) is 16.7 Å². The average molecular weight is 465 g/mol. The number of benzene rings is 3. The van der Waals surface area contributed by atoms with Crippen molar-refractivity contribution in [2.75, 3.05) is 11.4 Å². The minimum absolute atomic E-state index is 0.0116. The Balaban J connectivity index is 1.74. The van der Waals surface area contributed by atoms with Crippen molar-refractivity contribution >= 4 is 23.6 Å². The zero-order valence-corrected chi connectivity index (χ0v) is 21.0. The van der Waals surface area contributed by atoms with Gasteiger partial charge in [-0.2, -0.15) is 0 Å². The lowest BCUT2D eigenvalue weighted by Crippen LogP contribution is -2.36. The topological polar surface area (TPSA) is 49.7 Å². The Morgan fingerprint density at radius 2 is 1.51 bits per heavy atom. The van der Waals surface area contributed by atoms with Crippen molar-refractivity contribution in [2.24, 2.45) is 4.99 Å². The third-order valence-electron chi connectivity index (χ3n) is 7.69. The molecular formula is C31H32N2O2. The molecule has 0 N–H and O–H groups in total. The first kappa shape index (κ1) is 23.2. The van der Waals surface area contributed by atoms with Gasteiger partial charge in [-0.1, -0.05) is 82.3 Å². The summed E-state index contributed by atoms with van der Waals surface area (Å²) in [5.41, 5.74) is 8.04. The van der Waals surface area contributed by atoms with E-state index in [9.17, 15) is 9.59 Å². The van der Waals surface area contributed by atoms with Gasteiger partial charge in [0.2, 0.25) is 5.91 Å². The molecule has 2 aliphatic rings. The maximum absolute atomic E-state index is 13.5. The van der Waals surface area contributed by atoms with Crippen LogP contribution in [0.25, 0.3) is 0 Å². The standard InChI is InChI=1S/C31H32N2O2/c1-30(2)14-15-31(3,4)26-17-27-24(16-25(26)30)29(23-12-10-22(20-34)11-13-23)32-18-28(35)33(27)19-21-8-6-5-7-9-21/h5-13,16-17,20H,14-15,18-19H2,1-4H3. The van der Waals surface area contributed by atoms with Gasteiger partial charge in [-0.15, -0.1) is 0 Å². The first-order valence-electron chi connectivity index (χ1n) is 12.3. The van der Waals surface area contributed by atoms with Gasteiger partial charge in [-0.25, -0.2) is 0 Å². The van der Waals surface area contributed by atoms with Gasteiger partial charge < -0.3 is 4.90 Å². The van der Waals surface area contributed by atoms with E-state index in [1.54, 1.807) is 0 Å². The zero-order valence-electron chi connectivity index (χ0n) is 21.0. The number of hydrogen-bond acceptors (Lipinski definition) is 3. The second-order valence-electron chi connectivity index (χ2n) is 11.1. The van der Waals surface area contributed by atoms with Crippen LogP contribution in [0.5, 0.6) is 0 Å². The SMILES string of the molecule is CC1(C)CCC(C)(C)c2cc3c(cc21)C(c1ccc(C=O)cc1)=NCC(=O)N3Cc1ccccc1. The molecule has 0 spiro atoms. The summed E-state index contributed by atoms with van der Waals surface area (Å²) in [7, 11) is 0. The Morgan fingerprint density at radius 1 is 0.886 bits per heavy atom. The number of anilines is 1. The first-order valence-corrected chi connectivity index (χ1v) is 12.3. The number of rotatable bonds is 4. The van der Waals surface area contributed by atoms with E-state index < -0.39 is 0 Å². The highest BCUT2D eigenvalue weighted by Crippen LogP contribution is 2.48. The monoisotopic (exact) mass is 464 g/mol. The van der Waals surface area contributed by atoms with Crippen LogP contribution in [-0.4, -0.2) is 24.4 Å². The molecule has 35 heavy (non-hydrogen) atoms. The lowest BCUT2D eigenvalue weighted by atomic mass is 9.62. The third-order valence-corrected chi connectivity index (χ3v) is 7.69. The summed E-state index contributed by atoms with van der Waals surface area (Å²) < 4.78 is 0. The van der Waals surface area contributed by atoms with Crippen LogP contribution in [0.15, 0.2) is 71.7 Å². The molecule has 0 aromatic heterocycles. The second kappa shape index (κ2) is 8.60. The van der Waals surface area contributed by atoms with Crippen LogP contribution in [0.2, 0.25) is 0 Å². The van der Waals surface area contributed by atoms with E-state index in [1.165, 1.54) is 11.1 Å². The zero-order chi connectivity index (χ0) is 24.8. The molecule has 0 saturated heterocycles. The lowest BCUT2D eigenvalue weighted by molar-refractivity contribution is -0.117. The molecule has 178 valence electrons. The van der Waals surface area contributed by atoms with Crippen LogP contribution in [0.1, 0.15) is 78.7 Å². The molecule has 4 nitrogen and oxygen atoms in total. The number of nitrogens with zero attached hydrogens (tertiary/aromatic N) is 2. The Kier molecular flexibility index (Phi) is 5.71. The van der Waals surface area contributed by atoms with Gasteiger partial charge in [0.05, 0.1) is 17.9 Å². The molecule has 1 aliphatic carbocycles. The van der Waals surface area contributed by atoms with Gasteiger partial charge in [0.15, 0.2) is 0 Å². The van der Waals surface area contributed by atoms with Crippen LogP contribution in [0.3, 0.4) is 0 Å². The molecule has 4 heteroatoms. The third kappa shape index (κ3) is 4.22. The lowest BCUT2D eigenvalue weighted by Gasteiger charge is -2.43. The second-order valence-corrected chi connectivity index (χ2v) is 11.1. The van der Waals surface area contributed by atoms with Crippen molar-refractivity contribution in [3.05, 3.63) is 100 Å². The van der Waals surface area contributed by atoms with Crippen molar-refractivity contribution in [1.82, 2.24) is 0 Å². The number of hydrogen-bond donors (Lipinski definition) is 0. The van der Waals surface area contributed by atoms with Crippen molar-refractivity contribution < 1.29 is 9.59 Å². The highest BCUT2D eigenvalue weighted by Gasteiger charge is 2.39. The van der Waals surface area contributed by atoms with Crippen LogP contribution in [-0.2, 0) is 22.2 Å². The van der Waals surface area contributed by atoms with Gasteiger partial charge in [-0.3, -0.25) is 14.6 Å². The van der Waals surface area contributed by atoms with Gasteiger partial charge >= 0.3 is 0 Å². The molecule has 0 bridgehead atoms. The Labute approximate surface area is 207 Å². The summed E-state index contributed by atoms with van der Waals surface area (Å²) in [6, 6.07) is 22.1. The molecule has 1 aliphatic heterocycles. The predicted octanol–water partition coefficient (Wildman–Crippen LogP) is 6.23. The summed E-state index contributed by atoms with van der Waals surface area (Å²) in [5, 5.41) is 0. The highest BCUT2D eigenvalue weighted by atomic mass is 16.2. The summed E-state index contributed by atoms with van der Waals surface area (Å²) >= 11 is 0. The molecule has 0 unspecified atom stereocenters. The molecule has 0 saturated carbocycles. The minimum Gasteiger partial charge on any atom is -0.306 e. The Bertz CT molecular complexity index is 1320. The largest absolute Gasteiger partial charge is 0.306 e. The predicted molar refractivity (Wildman–Crippen MR) is 142 cm³/mol. The van der Waals surface area contributed by atoms with Gasteiger partial charge in [0.25, 0.3) is 0 Å². The van der Waals surface area contributed by atoms with Gasteiger partial charge in [0.1, 0.15) is 12.8 Å². The van der Waals surface area contributed by atoms with Crippen LogP contribution < -0.4 is 4.90 Å². The normalized spacial score (nSPS) is 18.2. The van der Waals surface area contributed by atoms with E-state index in [-0.39, 0.29) is 23.3 Å². The van der Waals surface area contributed by atoms with Crippen LogP contribution in [0.4, 0.5) is 5.69 Å². The molecular weight excluding hydrogens is 432 g/mol. The number of fused-ring (bicyclic) bond motifs is 2. The van der Waals surface area contributed by atoms with E-state index in [0.717, 1.165) is 47.2 Å². The quantitative estimate of drug-likeness (QED) is 0.430. The molecule has 0 fully saturated rings. The minimum atomic E-state index is -0.0116. The van der Waals surface area contributed by atoms with Crippen molar-refractivity contribution in [2.45, 2.75) is 57.9 Å². The first-order chi connectivity index (χ1) is 16.7. The van der Waals surface area contributed by atoms with Crippen LogP contribution >= 0.6 is 0 Å². The molecule has 0 radical (unpaired) electrons. The number of carbonyl (C=O) groups is 2. The maximum atomic E-state index is 13.5. The summed E-state index contributed by atoms with van der Waals surface area (Å²) in [6.45, 7) is 9.83. The van der Waals surface area contributed by atoms with E-state index in [0.29, 0.717) is 12.1 Å². The molecule has 3 aromatic rings. The Hall–Kier alpha value is -3.53. The van der Waals surface area contributed by atoms with E-state index in [2.05, 4.69) is 52.0 Å². The Morgan fingerprint density at radius 3 is 2.14 bits per heavy atom. The van der Waals surface area contributed by atoms with Crippen LogP contribution in [0, 0.1) is 0 Å². The fourth-order valence-corrected chi connectivity index (χ4v) is 5.37. The molecule has 5 rings (SSSR count). The average Bonchev–Trinajstić information content (AvgIpc) is 2.98. The summed E-state index contributed by atoms with van der Waals surface area (Å²) in [4.78, 5) is 31.4. The molecule has 3 aromatic carbocycles. The fraction of sp³-hybridized carbons (Fsp3) is 0.323. The maximum Gasteiger partial charge on any atom is 0.248 e. The fourth-order valence-electron chi connectivity index (χ4n) is 5.37.